The average Bonchev–Trinajstić information content (AvgIpc) is 2.43. The third-order valence-electron chi connectivity index (χ3n) is 2.54. The molecule has 0 heterocycles. The fourth-order valence-electron chi connectivity index (χ4n) is 1.60. The van der Waals surface area contributed by atoms with E-state index in [0.29, 0.717) is 5.56 Å². The minimum Gasteiger partial charge on any atom is -0.454 e. The van der Waals surface area contributed by atoms with Gasteiger partial charge in [-0.25, -0.2) is 4.39 Å². The predicted molar refractivity (Wildman–Crippen MR) is 72.2 cm³/mol. The van der Waals surface area contributed by atoms with E-state index in [-0.39, 0.29) is 22.5 Å². The zero-order valence-corrected chi connectivity index (χ0v) is 11.6. The van der Waals surface area contributed by atoms with E-state index in [1.807, 2.05) is 0 Å². The zero-order valence-electron chi connectivity index (χ0n) is 9.98. The molecule has 0 unspecified atom stereocenters. The van der Waals surface area contributed by atoms with E-state index in [1.165, 1.54) is 30.3 Å². The second-order valence-electron chi connectivity index (χ2n) is 3.84. The Balaban J connectivity index is 2.35. The summed E-state index contributed by atoms with van der Waals surface area (Å²) in [7, 11) is 0. The molecule has 4 nitrogen and oxygen atoms in total. The van der Waals surface area contributed by atoms with Crippen molar-refractivity contribution in [1.82, 2.24) is 0 Å². The van der Waals surface area contributed by atoms with E-state index in [4.69, 9.17) is 4.74 Å². The molecule has 0 radical (unpaired) electrons. The quantitative estimate of drug-likeness (QED) is 0.464. The first kappa shape index (κ1) is 14.4. The van der Waals surface area contributed by atoms with Crippen LogP contribution < -0.4 is 4.74 Å². The van der Waals surface area contributed by atoms with Gasteiger partial charge in [-0.05, 0) is 24.3 Å². The molecule has 104 valence electrons. The number of nitrogens with zero attached hydrogens (tertiary/aromatic N) is 1. The highest BCUT2D eigenvalue weighted by Gasteiger charge is 2.15. The van der Waals surface area contributed by atoms with E-state index in [1.54, 1.807) is 0 Å². The third kappa shape index (κ3) is 2.93. The van der Waals surface area contributed by atoms with Crippen LogP contribution >= 0.6 is 15.9 Å². The van der Waals surface area contributed by atoms with Crippen LogP contribution in [0.4, 0.5) is 14.5 Å². The lowest BCUT2D eigenvalue weighted by Gasteiger charge is -2.08. The van der Waals surface area contributed by atoms with Gasteiger partial charge in [0, 0.05) is 17.0 Å². The fourth-order valence-corrected chi connectivity index (χ4v) is 2.05. The Morgan fingerprint density at radius 2 is 2.00 bits per heavy atom. The number of nitro groups is 1. The number of benzene rings is 2. The Hall–Kier alpha value is -2.02. The highest BCUT2D eigenvalue weighted by atomic mass is 79.9. The topological polar surface area (TPSA) is 52.4 Å². The number of ether oxygens (including phenoxy) is 1. The van der Waals surface area contributed by atoms with E-state index >= 15 is 0 Å². The van der Waals surface area contributed by atoms with Crippen LogP contribution in [0.1, 0.15) is 5.56 Å². The monoisotopic (exact) mass is 343 g/mol. The fraction of sp³-hybridized carbons (Fsp3) is 0.0769. The molecule has 0 spiro atoms. The normalized spacial score (nSPS) is 10.3. The van der Waals surface area contributed by atoms with Crippen molar-refractivity contribution >= 4 is 21.6 Å². The molecule has 0 atom stereocenters. The number of rotatable bonds is 4. The largest absolute Gasteiger partial charge is 0.454 e. The van der Waals surface area contributed by atoms with Crippen molar-refractivity contribution in [1.29, 1.82) is 0 Å². The maximum absolute atomic E-state index is 13.5. The van der Waals surface area contributed by atoms with E-state index < -0.39 is 16.6 Å². The van der Waals surface area contributed by atoms with Gasteiger partial charge in [0.15, 0.2) is 11.6 Å². The third-order valence-corrected chi connectivity index (χ3v) is 3.14. The number of hydrogen-bond acceptors (Lipinski definition) is 3. The molecular weight excluding hydrogens is 336 g/mol. The summed E-state index contributed by atoms with van der Waals surface area (Å²) in [5.41, 5.74) is 0.304. The van der Waals surface area contributed by atoms with Gasteiger partial charge in [0.2, 0.25) is 5.82 Å². The van der Waals surface area contributed by atoms with Gasteiger partial charge in [0.05, 0.1) is 4.92 Å². The summed E-state index contributed by atoms with van der Waals surface area (Å²) in [6.07, 6.45) is 0. The molecule has 0 aromatic heterocycles. The Bertz CT molecular complexity index is 664. The van der Waals surface area contributed by atoms with Crippen LogP contribution in [0.2, 0.25) is 0 Å². The number of nitro benzene ring substituents is 1. The molecule has 7 heteroatoms. The number of hydrogen-bond donors (Lipinski definition) is 0. The highest BCUT2D eigenvalue weighted by molar-refractivity contribution is 9.08. The maximum Gasteiger partial charge on any atom is 0.273 e. The molecular formula is C13H8BrF2NO3. The maximum atomic E-state index is 13.5. The van der Waals surface area contributed by atoms with Gasteiger partial charge in [0.25, 0.3) is 5.69 Å². The molecule has 20 heavy (non-hydrogen) atoms. The van der Waals surface area contributed by atoms with Gasteiger partial charge >= 0.3 is 0 Å². The summed E-state index contributed by atoms with van der Waals surface area (Å²) >= 11 is 3.13. The van der Waals surface area contributed by atoms with Crippen LogP contribution in [0.25, 0.3) is 0 Å². The zero-order chi connectivity index (χ0) is 14.7. The van der Waals surface area contributed by atoms with Crippen molar-refractivity contribution in [2.24, 2.45) is 0 Å². The molecule has 2 aromatic rings. The lowest BCUT2D eigenvalue weighted by Crippen LogP contribution is -1.96. The van der Waals surface area contributed by atoms with Crippen LogP contribution in [0, 0.1) is 21.7 Å². The second kappa shape index (κ2) is 5.96. The molecule has 0 N–H and O–H groups in total. The minimum atomic E-state index is -1.11. The summed E-state index contributed by atoms with van der Waals surface area (Å²) in [4.78, 5) is 10.3. The van der Waals surface area contributed by atoms with Gasteiger partial charge in [0.1, 0.15) is 5.75 Å². The summed E-state index contributed by atoms with van der Waals surface area (Å²) in [6, 6.07) is 7.54. The van der Waals surface area contributed by atoms with E-state index in [9.17, 15) is 18.9 Å². The number of halogens is 3. The van der Waals surface area contributed by atoms with Gasteiger partial charge < -0.3 is 4.74 Å². The van der Waals surface area contributed by atoms with Crippen molar-refractivity contribution < 1.29 is 18.4 Å². The van der Waals surface area contributed by atoms with E-state index in [0.717, 1.165) is 6.07 Å². The molecule has 2 rings (SSSR count). The molecule has 0 aliphatic rings. The molecule has 0 bridgehead atoms. The van der Waals surface area contributed by atoms with Crippen molar-refractivity contribution in [3.8, 4) is 11.5 Å². The summed E-state index contributed by atoms with van der Waals surface area (Å²) in [5.74, 6) is -2.22. The molecule has 0 amide bonds. The number of alkyl halides is 1. The first-order valence-electron chi connectivity index (χ1n) is 5.48. The van der Waals surface area contributed by atoms with Crippen molar-refractivity contribution in [2.45, 2.75) is 5.33 Å². The standard InChI is InChI=1S/C13H8BrF2NO3/c14-7-8-6-9(4-5-11(8)17(18)19)20-12-3-1-2-10(15)13(12)16/h1-6H,7H2. The summed E-state index contributed by atoms with van der Waals surface area (Å²) in [5, 5.41) is 11.0. The van der Waals surface area contributed by atoms with Crippen LogP contribution in [-0.4, -0.2) is 4.92 Å². The van der Waals surface area contributed by atoms with Crippen LogP contribution in [0.15, 0.2) is 36.4 Å². The molecule has 0 saturated carbocycles. The minimum absolute atomic E-state index is 0.0751. The molecule has 0 aliphatic carbocycles. The van der Waals surface area contributed by atoms with Crippen molar-refractivity contribution in [3.63, 3.8) is 0 Å². The van der Waals surface area contributed by atoms with Crippen LogP contribution in [-0.2, 0) is 5.33 Å². The predicted octanol–water partition coefficient (Wildman–Crippen LogP) is 4.56. The second-order valence-corrected chi connectivity index (χ2v) is 4.40. The average molecular weight is 344 g/mol. The molecule has 0 aliphatic heterocycles. The van der Waals surface area contributed by atoms with Gasteiger partial charge in [-0.3, -0.25) is 10.1 Å². The Morgan fingerprint density at radius 1 is 1.25 bits per heavy atom. The van der Waals surface area contributed by atoms with Crippen molar-refractivity contribution in [3.05, 3.63) is 63.7 Å². The molecule has 0 fully saturated rings. The van der Waals surface area contributed by atoms with Gasteiger partial charge in [-0.2, -0.15) is 4.39 Å². The summed E-state index contributed by atoms with van der Waals surface area (Å²) in [6.45, 7) is 0. The summed E-state index contributed by atoms with van der Waals surface area (Å²) < 4.78 is 31.7. The van der Waals surface area contributed by atoms with Crippen LogP contribution in [0.5, 0.6) is 11.5 Å². The molecule has 0 saturated heterocycles. The van der Waals surface area contributed by atoms with Gasteiger partial charge in [-0.1, -0.05) is 22.0 Å². The van der Waals surface area contributed by atoms with Gasteiger partial charge in [-0.15, -0.1) is 0 Å². The molecule has 2 aromatic carbocycles. The Labute approximate surface area is 121 Å². The Morgan fingerprint density at radius 3 is 2.65 bits per heavy atom. The first-order chi connectivity index (χ1) is 9.52. The lowest BCUT2D eigenvalue weighted by molar-refractivity contribution is -0.385. The van der Waals surface area contributed by atoms with Crippen molar-refractivity contribution in [2.75, 3.05) is 0 Å². The smallest absolute Gasteiger partial charge is 0.273 e. The Kier molecular flexibility index (Phi) is 4.29. The lowest BCUT2D eigenvalue weighted by atomic mass is 10.2. The highest BCUT2D eigenvalue weighted by Crippen LogP contribution is 2.30. The van der Waals surface area contributed by atoms with Crippen LogP contribution in [0.3, 0.4) is 0 Å². The SMILES string of the molecule is O=[N+]([O-])c1ccc(Oc2cccc(F)c2F)cc1CBr. The van der Waals surface area contributed by atoms with E-state index in [2.05, 4.69) is 15.9 Å². The first-order valence-corrected chi connectivity index (χ1v) is 6.60.